The molecule has 0 fully saturated rings. The Kier molecular flexibility index (Phi) is 4.75. The number of rotatable bonds is 4. The van der Waals surface area contributed by atoms with Gasteiger partial charge in [0.25, 0.3) is 5.69 Å². The number of nitro benzene ring substituents is 1. The van der Waals surface area contributed by atoms with Gasteiger partial charge in [-0.15, -0.1) is 0 Å². The van der Waals surface area contributed by atoms with Crippen LogP contribution in [0.1, 0.15) is 0 Å². The lowest BCUT2D eigenvalue weighted by molar-refractivity contribution is -0.384. The first-order valence-electron chi connectivity index (χ1n) is 4.14. The largest absolute Gasteiger partial charge is 0.279 e. The van der Waals surface area contributed by atoms with Crippen molar-refractivity contribution in [3.63, 3.8) is 0 Å². The van der Waals surface area contributed by atoms with E-state index in [1.165, 1.54) is 24.4 Å². The predicted molar refractivity (Wildman–Crippen MR) is 65.0 cm³/mol. The van der Waals surface area contributed by atoms with Crippen LogP contribution in [0.25, 0.3) is 0 Å². The number of halogens is 2. The average Bonchev–Trinajstić information content (AvgIpc) is 2.25. The van der Waals surface area contributed by atoms with E-state index in [0.717, 1.165) is 0 Å². The summed E-state index contributed by atoms with van der Waals surface area (Å²) >= 11 is 10.7. The fraction of sp³-hybridized carbons (Fsp3) is 0. The SMILES string of the molecule is O=[N+]([O-])c1ccc(N/N=C/C=C(Cl)Cl)cc1. The second-order valence-corrected chi connectivity index (χ2v) is 3.66. The Hall–Kier alpha value is -1.59. The lowest BCUT2D eigenvalue weighted by Crippen LogP contribution is -1.90. The smallest absolute Gasteiger partial charge is 0.269 e. The number of nitrogens with one attached hydrogen (secondary N) is 1. The third kappa shape index (κ3) is 4.29. The number of hydrogen-bond donors (Lipinski definition) is 1. The molecule has 7 heteroatoms. The first kappa shape index (κ1) is 12.5. The van der Waals surface area contributed by atoms with Crippen molar-refractivity contribution < 1.29 is 4.92 Å². The molecule has 0 spiro atoms. The van der Waals surface area contributed by atoms with Crippen molar-refractivity contribution >= 4 is 40.8 Å². The highest BCUT2D eigenvalue weighted by Gasteiger charge is 2.02. The zero-order chi connectivity index (χ0) is 12.0. The number of nitrogens with zero attached hydrogens (tertiary/aromatic N) is 2. The van der Waals surface area contributed by atoms with Crippen LogP contribution >= 0.6 is 23.2 Å². The molecule has 0 heterocycles. The maximum Gasteiger partial charge on any atom is 0.269 e. The van der Waals surface area contributed by atoms with E-state index in [-0.39, 0.29) is 10.2 Å². The molecule has 1 aromatic carbocycles. The minimum atomic E-state index is -0.469. The monoisotopic (exact) mass is 259 g/mol. The molecule has 1 N–H and O–H groups in total. The third-order valence-electron chi connectivity index (χ3n) is 1.55. The molecule has 5 nitrogen and oxygen atoms in total. The van der Waals surface area contributed by atoms with Crippen LogP contribution in [0, 0.1) is 10.1 Å². The minimum absolute atomic E-state index is 0.0261. The topological polar surface area (TPSA) is 67.5 Å². The van der Waals surface area contributed by atoms with Gasteiger partial charge in [0.2, 0.25) is 0 Å². The molecule has 84 valence electrons. The van der Waals surface area contributed by atoms with Crippen molar-refractivity contribution in [2.45, 2.75) is 0 Å². The molecule has 0 atom stereocenters. The Balaban J connectivity index is 2.59. The van der Waals surface area contributed by atoms with Crippen LogP contribution in [0.3, 0.4) is 0 Å². The Bertz CT molecular complexity index is 425. The highest BCUT2D eigenvalue weighted by atomic mass is 35.5. The molecular weight excluding hydrogens is 253 g/mol. The van der Waals surface area contributed by atoms with E-state index >= 15 is 0 Å². The van der Waals surface area contributed by atoms with E-state index in [4.69, 9.17) is 23.2 Å². The van der Waals surface area contributed by atoms with Crippen LogP contribution in [-0.4, -0.2) is 11.1 Å². The van der Waals surface area contributed by atoms with Crippen molar-refractivity contribution in [3.05, 3.63) is 44.9 Å². The van der Waals surface area contributed by atoms with Gasteiger partial charge in [-0.05, 0) is 18.2 Å². The molecule has 0 saturated heterocycles. The van der Waals surface area contributed by atoms with E-state index in [1.54, 1.807) is 12.1 Å². The van der Waals surface area contributed by atoms with Gasteiger partial charge in [0.1, 0.15) is 4.49 Å². The van der Waals surface area contributed by atoms with Gasteiger partial charge in [0.15, 0.2) is 0 Å². The molecule has 16 heavy (non-hydrogen) atoms. The summed E-state index contributed by atoms with van der Waals surface area (Å²) < 4.78 is 0.0919. The summed E-state index contributed by atoms with van der Waals surface area (Å²) in [5.41, 5.74) is 3.30. The molecule has 0 radical (unpaired) electrons. The Labute approximate surface area is 102 Å². The van der Waals surface area contributed by atoms with Gasteiger partial charge in [0, 0.05) is 18.3 Å². The number of hydrogen-bond acceptors (Lipinski definition) is 4. The van der Waals surface area contributed by atoms with Crippen molar-refractivity contribution in [1.82, 2.24) is 0 Å². The van der Waals surface area contributed by atoms with E-state index in [9.17, 15) is 10.1 Å². The number of allylic oxidation sites excluding steroid dienone is 1. The average molecular weight is 260 g/mol. The van der Waals surface area contributed by atoms with Gasteiger partial charge >= 0.3 is 0 Å². The van der Waals surface area contributed by atoms with Crippen LogP contribution in [0.4, 0.5) is 11.4 Å². The third-order valence-corrected chi connectivity index (χ3v) is 1.80. The number of anilines is 1. The highest BCUT2D eigenvalue weighted by Crippen LogP contribution is 2.15. The van der Waals surface area contributed by atoms with E-state index in [1.807, 2.05) is 0 Å². The molecule has 1 aromatic rings. The summed E-state index contributed by atoms with van der Waals surface area (Å²) in [4.78, 5) is 9.90. The van der Waals surface area contributed by atoms with Gasteiger partial charge < -0.3 is 0 Å². The maximum absolute atomic E-state index is 10.4. The Morgan fingerprint density at radius 2 is 2.00 bits per heavy atom. The number of non-ortho nitro benzene ring substituents is 1. The summed E-state index contributed by atoms with van der Waals surface area (Å²) in [6, 6.07) is 5.84. The van der Waals surface area contributed by atoms with Crippen molar-refractivity contribution in [1.29, 1.82) is 0 Å². The van der Waals surface area contributed by atoms with Crippen LogP contribution in [0.2, 0.25) is 0 Å². The van der Waals surface area contributed by atoms with E-state index in [2.05, 4.69) is 10.5 Å². The van der Waals surface area contributed by atoms with Gasteiger partial charge in [-0.2, -0.15) is 5.10 Å². The van der Waals surface area contributed by atoms with Gasteiger partial charge in [-0.3, -0.25) is 15.5 Å². The van der Waals surface area contributed by atoms with Crippen LogP contribution < -0.4 is 5.43 Å². The fourth-order valence-corrected chi connectivity index (χ4v) is 0.976. The second-order valence-electron chi connectivity index (χ2n) is 2.65. The molecule has 0 saturated carbocycles. The molecular formula is C9H7Cl2N3O2. The van der Waals surface area contributed by atoms with Gasteiger partial charge in [-0.25, -0.2) is 0 Å². The molecule has 0 amide bonds. The van der Waals surface area contributed by atoms with E-state index < -0.39 is 4.92 Å². The molecule has 0 aliphatic heterocycles. The summed E-state index contributed by atoms with van der Waals surface area (Å²) in [5.74, 6) is 0. The lowest BCUT2D eigenvalue weighted by Gasteiger charge is -1.97. The lowest BCUT2D eigenvalue weighted by atomic mass is 10.3. The standard InChI is InChI=1S/C9H7Cl2N3O2/c10-9(11)5-6-12-13-7-1-3-8(4-2-7)14(15)16/h1-6,13H/b12-6+. The molecule has 1 rings (SSSR count). The van der Waals surface area contributed by atoms with Crippen molar-refractivity contribution in [2.24, 2.45) is 5.10 Å². The van der Waals surface area contributed by atoms with Crippen LogP contribution in [-0.2, 0) is 0 Å². The molecule has 0 aliphatic rings. The van der Waals surface area contributed by atoms with Crippen LogP contribution in [0.5, 0.6) is 0 Å². The van der Waals surface area contributed by atoms with Crippen LogP contribution in [0.15, 0.2) is 39.9 Å². The van der Waals surface area contributed by atoms with E-state index in [0.29, 0.717) is 5.69 Å². The second kappa shape index (κ2) is 6.09. The quantitative estimate of drug-likeness (QED) is 0.513. The number of nitro groups is 1. The normalized spacial score (nSPS) is 10.1. The molecule has 0 bridgehead atoms. The zero-order valence-corrected chi connectivity index (χ0v) is 9.44. The number of hydrazone groups is 1. The molecule has 0 unspecified atom stereocenters. The summed E-state index contributed by atoms with van der Waals surface area (Å²) in [6.07, 6.45) is 2.76. The Morgan fingerprint density at radius 3 is 2.50 bits per heavy atom. The highest BCUT2D eigenvalue weighted by molar-refractivity contribution is 6.56. The first-order chi connectivity index (χ1) is 7.59. The van der Waals surface area contributed by atoms with Crippen molar-refractivity contribution in [2.75, 3.05) is 5.43 Å². The molecule has 0 aliphatic carbocycles. The predicted octanol–water partition coefficient (Wildman–Crippen LogP) is 3.31. The summed E-state index contributed by atoms with van der Waals surface area (Å²) in [6.45, 7) is 0. The summed E-state index contributed by atoms with van der Waals surface area (Å²) in [7, 11) is 0. The van der Waals surface area contributed by atoms with Crippen molar-refractivity contribution in [3.8, 4) is 0 Å². The summed E-state index contributed by atoms with van der Waals surface area (Å²) in [5, 5.41) is 14.1. The number of benzene rings is 1. The zero-order valence-electron chi connectivity index (χ0n) is 7.93. The van der Waals surface area contributed by atoms with Gasteiger partial charge in [0.05, 0.1) is 10.6 Å². The van der Waals surface area contributed by atoms with Gasteiger partial charge in [-0.1, -0.05) is 23.2 Å². The maximum atomic E-state index is 10.4. The fourth-order valence-electron chi connectivity index (χ4n) is 0.863. The molecule has 0 aromatic heterocycles. The Morgan fingerprint density at radius 1 is 1.38 bits per heavy atom. The minimum Gasteiger partial charge on any atom is -0.279 e. The first-order valence-corrected chi connectivity index (χ1v) is 4.90.